The lowest BCUT2D eigenvalue weighted by molar-refractivity contribution is -0.660. The minimum atomic E-state index is -0.596. The van der Waals surface area contributed by atoms with Gasteiger partial charge < -0.3 is 17.7 Å². The first-order valence-electron chi connectivity index (χ1n) is 34.1. The van der Waals surface area contributed by atoms with Gasteiger partial charge in [0.1, 0.15) is 102 Å². The van der Waals surface area contributed by atoms with Crippen molar-refractivity contribution in [3.8, 4) is 45.0 Å². The summed E-state index contributed by atoms with van der Waals surface area (Å²) in [4.78, 5) is 0. The van der Waals surface area contributed by atoms with Crippen LogP contribution >= 0.6 is 0 Å². The molecule has 8 heterocycles. The number of aromatic nitrogens is 4. The molecule has 0 aliphatic carbocycles. The molecule has 0 radical (unpaired) electrons. The Hall–Kier alpha value is -10.9. The van der Waals surface area contributed by atoms with Crippen LogP contribution in [0.15, 0.2) is 152 Å². The van der Waals surface area contributed by atoms with Gasteiger partial charge in [0.2, 0.25) is 22.8 Å². The molecule has 0 unspecified atom stereocenters. The van der Waals surface area contributed by atoms with Gasteiger partial charge in [-0.05, 0) is 203 Å². The number of hydrogen-bond donors (Lipinski definition) is 0. The Morgan fingerprint density at radius 2 is 0.608 bits per heavy atom. The van der Waals surface area contributed by atoms with E-state index in [1.54, 1.807) is 26.0 Å². The molecule has 0 atom stereocenters. The summed E-state index contributed by atoms with van der Waals surface area (Å²) in [6.07, 6.45) is 8.39. The predicted molar refractivity (Wildman–Crippen MR) is 397 cm³/mol. The molecule has 8 nitrogen and oxygen atoms in total. The number of pyridine rings is 4. The first-order chi connectivity index (χ1) is 48.3. The summed E-state index contributed by atoms with van der Waals surface area (Å²) < 4.78 is 118. The Balaban J connectivity index is 0.000000121. The molecular weight excluding hydrogens is 1290 g/mol. The van der Waals surface area contributed by atoms with E-state index >= 15 is 0 Å². The molecular formula is C88H82F6N4O4+4. The van der Waals surface area contributed by atoms with Crippen LogP contribution in [0.1, 0.15) is 89.0 Å². The fourth-order valence-electron chi connectivity index (χ4n) is 14.7. The minimum absolute atomic E-state index is 0.265. The summed E-state index contributed by atoms with van der Waals surface area (Å²) in [6, 6.07) is 32.0. The standard InChI is InChI=1S/2C22H20F2NO.2C22H21FNO/c1-11-9-18(25(5)10-13(11)3)19-12(2)8-17(24)20-15-6-7-16(23)14(4)21(15)26-22(19)20;1-11-6-7-15-20-17(24)9-16(23)14(4)21(20)26-22(15)19(11)18-8-12(2)13(3)10-25(18)5;1-12-9-18(24(5)11-15(12)4)21-14(3)8-13(2)20-17-7-6-16(23)10-19(17)25-22(20)21;1-12-6-7-17-20-14(3)8-16(23)10-19(20)25-22(17)21(12)18-9-13(2)15(4)11-24(18)5/h2*6-10H,1-5H3;2*6-11H,1-5H3/q4*+1. The number of furan rings is 4. The van der Waals surface area contributed by atoms with E-state index in [1.165, 1.54) is 69.3 Å². The average Bonchev–Trinajstić information content (AvgIpc) is 1.59. The zero-order valence-corrected chi connectivity index (χ0v) is 61.4. The van der Waals surface area contributed by atoms with Gasteiger partial charge in [-0.25, -0.2) is 44.6 Å². The van der Waals surface area contributed by atoms with Gasteiger partial charge in [-0.15, -0.1) is 0 Å². The summed E-state index contributed by atoms with van der Waals surface area (Å²) in [7, 11) is 8.04. The summed E-state index contributed by atoms with van der Waals surface area (Å²) in [6.45, 7) is 32.0. The number of halogens is 6. The van der Waals surface area contributed by atoms with Gasteiger partial charge in [0, 0.05) is 108 Å². The number of hydrogen-bond acceptors (Lipinski definition) is 4. The first kappa shape index (κ1) is 69.6. The minimum Gasteiger partial charge on any atom is -0.455 e. The van der Waals surface area contributed by atoms with Gasteiger partial charge in [0.15, 0.2) is 30.4 Å². The molecule has 0 amide bonds. The monoisotopic (exact) mass is 1370 g/mol. The van der Waals surface area contributed by atoms with Crippen molar-refractivity contribution in [3.63, 3.8) is 0 Å². The van der Waals surface area contributed by atoms with Crippen LogP contribution in [0.2, 0.25) is 0 Å². The van der Waals surface area contributed by atoms with Crippen LogP contribution in [0, 0.1) is 146 Å². The first-order valence-corrected chi connectivity index (χ1v) is 34.1. The maximum Gasteiger partial charge on any atom is 0.216 e. The molecule has 102 heavy (non-hydrogen) atoms. The topological polar surface area (TPSA) is 68.1 Å². The third-order valence-corrected chi connectivity index (χ3v) is 20.7. The van der Waals surface area contributed by atoms with Crippen LogP contribution in [0.3, 0.4) is 0 Å². The van der Waals surface area contributed by atoms with Gasteiger partial charge in [-0.3, -0.25) is 0 Å². The molecule has 0 spiro atoms. The van der Waals surface area contributed by atoms with E-state index in [-0.39, 0.29) is 28.9 Å². The number of rotatable bonds is 4. The predicted octanol–water partition coefficient (Wildman–Crippen LogP) is 22.1. The highest BCUT2D eigenvalue weighted by atomic mass is 19.1. The van der Waals surface area contributed by atoms with Crippen LogP contribution in [-0.2, 0) is 28.2 Å². The third-order valence-electron chi connectivity index (χ3n) is 20.7. The van der Waals surface area contributed by atoms with E-state index in [0.717, 1.165) is 123 Å². The Labute approximate surface area is 588 Å². The number of fused-ring (bicyclic) bond motifs is 12. The Bertz CT molecular complexity index is 6220. The molecule has 14 heteroatoms. The molecule has 516 valence electrons. The smallest absolute Gasteiger partial charge is 0.216 e. The van der Waals surface area contributed by atoms with Crippen molar-refractivity contribution >= 4 is 87.8 Å². The van der Waals surface area contributed by atoms with Crippen molar-refractivity contribution < 1.29 is 62.3 Å². The summed E-state index contributed by atoms with van der Waals surface area (Å²) in [5, 5.41) is 6.06. The van der Waals surface area contributed by atoms with E-state index in [1.807, 2.05) is 82.4 Å². The molecule has 0 saturated carbocycles. The molecule has 0 aliphatic rings. The zero-order valence-electron chi connectivity index (χ0n) is 61.4. The average molecular weight is 1370 g/mol. The second-order valence-corrected chi connectivity index (χ2v) is 28.0. The highest BCUT2D eigenvalue weighted by Crippen LogP contribution is 2.45. The van der Waals surface area contributed by atoms with Crippen LogP contribution in [0.4, 0.5) is 26.3 Å². The number of nitrogens with zero attached hydrogens (tertiary/aromatic N) is 4. The maximum absolute atomic E-state index is 14.8. The van der Waals surface area contributed by atoms with Crippen molar-refractivity contribution in [2.75, 3.05) is 0 Å². The summed E-state index contributed by atoms with van der Waals surface area (Å²) in [5.41, 5.74) is 29.1. The normalized spacial score (nSPS) is 11.6. The highest BCUT2D eigenvalue weighted by molar-refractivity contribution is 6.14. The molecule has 8 aromatic carbocycles. The Morgan fingerprint density at radius 1 is 0.235 bits per heavy atom. The summed E-state index contributed by atoms with van der Waals surface area (Å²) in [5.74, 6) is -2.44. The lowest BCUT2D eigenvalue weighted by Crippen LogP contribution is -2.31. The van der Waals surface area contributed by atoms with Gasteiger partial charge in [-0.1, -0.05) is 30.3 Å². The zero-order chi connectivity index (χ0) is 73.3. The molecule has 0 N–H and O–H groups in total. The highest BCUT2D eigenvalue weighted by Gasteiger charge is 2.29. The van der Waals surface area contributed by atoms with Crippen LogP contribution in [0.25, 0.3) is 133 Å². The van der Waals surface area contributed by atoms with Crippen molar-refractivity contribution in [2.24, 2.45) is 28.2 Å². The molecule has 0 bridgehead atoms. The summed E-state index contributed by atoms with van der Waals surface area (Å²) >= 11 is 0. The Morgan fingerprint density at radius 3 is 1.13 bits per heavy atom. The van der Waals surface area contributed by atoms with E-state index < -0.39 is 11.6 Å². The van der Waals surface area contributed by atoms with Crippen molar-refractivity contribution in [1.29, 1.82) is 0 Å². The van der Waals surface area contributed by atoms with Gasteiger partial charge in [0.05, 0.1) is 33.0 Å². The van der Waals surface area contributed by atoms with Gasteiger partial charge >= 0.3 is 0 Å². The van der Waals surface area contributed by atoms with Gasteiger partial charge in [-0.2, -0.15) is 0 Å². The fraction of sp³-hybridized carbons (Fsp3) is 0.227. The van der Waals surface area contributed by atoms with E-state index in [0.29, 0.717) is 60.6 Å². The molecule has 0 aliphatic heterocycles. The van der Waals surface area contributed by atoms with E-state index in [9.17, 15) is 26.3 Å². The van der Waals surface area contributed by atoms with Crippen LogP contribution in [0.5, 0.6) is 0 Å². The third kappa shape index (κ3) is 11.9. The van der Waals surface area contributed by atoms with E-state index in [2.05, 4.69) is 146 Å². The largest absolute Gasteiger partial charge is 0.455 e. The number of benzene rings is 8. The fourth-order valence-corrected chi connectivity index (χ4v) is 14.7. The van der Waals surface area contributed by atoms with Crippen molar-refractivity contribution in [2.45, 2.75) is 111 Å². The van der Waals surface area contributed by atoms with Crippen LogP contribution < -0.4 is 18.3 Å². The lowest BCUT2D eigenvalue weighted by atomic mass is 9.96. The molecule has 0 saturated heterocycles. The van der Waals surface area contributed by atoms with Crippen LogP contribution in [-0.4, -0.2) is 0 Å². The Kier molecular flexibility index (Phi) is 17.9. The van der Waals surface area contributed by atoms with Crippen molar-refractivity contribution in [3.05, 3.63) is 258 Å². The second-order valence-electron chi connectivity index (χ2n) is 28.0. The van der Waals surface area contributed by atoms with E-state index in [4.69, 9.17) is 17.7 Å². The molecule has 8 aromatic heterocycles. The second kappa shape index (κ2) is 26.3. The molecule has 16 rings (SSSR count). The van der Waals surface area contributed by atoms with Gasteiger partial charge in [0.25, 0.3) is 0 Å². The lowest BCUT2D eigenvalue weighted by Gasteiger charge is -2.09. The maximum atomic E-state index is 14.8. The van der Waals surface area contributed by atoms with Crippen molar-refractivity contribution in [1.82, 2.24) is 0 Å². The molecule has 16 aromatic rings. The quantitative estimate of drug-likeness (QED) is 0.130. The SMILES string of the molecule is Cc1cc(-c2c(C)cc(C)c3c2oc2cc(F)ccc23)[n+](C)cc1C.Cc1cc(-c2c(C)cc(F)c3c2oc2c(C)c(F)ccc23)[n+](C)cc1C.Cc1cc(-c2c(C)ccc3c2oc2c(C)c(F)cc(F)c23)[n+](C)cc1C.Cc1cc(-c2c(C)ccc3c2oc2cc(F)cc(C)c23)[n+](C)cc1C. The molecule has 0 fully saturated rings. The number of aryl methyl sites for hydroxylation is 20.